The smallest absolute Gasteiger partial charge is 0.155 e. The van der Waals surface area contributed by atoms with Crippen LogP contribution in [-0.4, -0.2) is 21.2 Å². The van der Waals surface area contributed by atoms with Gasteiger partial charge >= 0.3 is 0 Å². The van der Waals surface area contributed by atoms with Crippen LogP contribution >= 0.6 is 0 Å². The molecule has 0 saturated carbocycles. The van der Waals surface area contributed by atoms with E-state index >= 15 is 0 Å². The Morgan fingerprint density at radius 2 is 1.77 bits per heavy atom. The van der Waals surface area contributed by atoms with Gasteiger partial charge in [0.15, 0.2) is 4.90 Å². The van der Waals surface area contributed by atoms with Gasteiger partial charge in [-0.2, -0.15) is 0 Å². The van der Waals surface area contributed by atoms with E-state index in [9.17, 15) is 5.11 Å². The summed E-state index contributed by atoms with van der Waals surface area (Å²) in [6.45, 7) is 13.4. The summed E-state index contributed by atoms with van der Waals surface area (Å²) in [6, 6.07) is 9.32. The maximum Gasteiger partial charge on any atom is 0.155 e. The Balaban J connectivity index is 2.28. The van der Waals surface area contributed by atoms with Crippen LogP contribution in [0.5, 0.6) is 0 Å². The third-order valence-electron chi connectivity index (χ3n) is 4.79. The topological polar surface area (TPSA) is 20.2 Å². The first-order valence-corrected chi connectivity index (χ1v) is 10.0. The second-order valence-electron chi connectivity index (χ2n) is 8.27. The third kappa shape index (κ3) is 4.08. The van der Waals surface area contributed by atoms with Crippen LogP contribution in [0.3, 0.4) is 0 Å². The first kappa shape index (κ1) is 17.9. The molecule has 1 aromatic rings. The van der Waals surface area contributed by atoms with Crippen LogP contribution < -0.4 is 0 Å². The third-order valence-corrected chi connectivity index (χ3v) is 7.76. The molecule has 0 spiro atoms. The summed E-state index contributed by atoms with van der Waals surface area (Å²) in [6.07, 6.45) is 4.31. The van der Waals surface area contributed by atoms with Gasteiger partial charge in [0.25, 0.3) is 0 Å². The summed E-state index contributed by atoms with van der Waals surface area (Å²) in [7, 11) is 0.268. The lowest BCUT2D eigenvalue weighted by atomic mass is 9.87. The molecule has 1 heterocycles. The van der Waals surface area contributed by atoms with Crippen molar-refractivity contribution < 1.29 is 5.11 Å². The van der Waals surface area contributed by atoms with Gasteiger partial charge in [-0.1, -0.05) is 46.2 Å². The molecule has 4 unspecified atom stereocenters. The second kappa shape index (κ2) is 6.57. The first-order chi connectivity index (χ1) is 10.1. The molecule has 0 aromatic heterocycles. The number of rotatable bonds is 3. The molecule has 0 amide bonds. The average molecular weight is 322 g/mol. The normalized spacial score (nSPS) is 33.0. The highest BCUT2D eigenvalue weighted by atomic mass is 32.2. The summed E-state index contributed by atoms with van der Waals surface area (Å²) in [5.41, 5.74) is 1.14. The Labute approximate surface area is 139 Å². The summed E-state index contributed by atoms with van der Waals surface area (Å²) in [5.74, 6) is 0. The van der Waals surface area contributed by atoms with Crippen molar-refractivity contribution in [3.8, 4) is 0 Å². The van der Waals surface area contributed by atoms with Gasteiger partial charge in [0.1, 0.15) is 10.5 Å². The van der Waals surface area contributed by atoms with Gasteiger partial charge in [0.2, 0.25) is 0 Å². The van der Waals surface area contributed by atoms with Crippen LogP contribution in [0.2, 0.25) is 0 Å². The summed E-state index contributed by atoms with van der Waals surface area (Å²) in [4.78, 5) is 1.49. The fourth-order valence-electron chi connectivity index (χ4n) is 3.79. The zero-order valence-electron chi connectivity index (χ0n) is 15.1. The highest BCUT2D eigenvalue weighted by molar-refractivity contribution is 7.98. The van der Waals surface area contributed by atoms with Crippen molar-refractivity contribution in [3.63, 3.8) is 0 Å². The van der Waals surface area contributed by atoms with E-state index in [0.29, 0.717) is 10.5 Å². The fraction of sp³-hybridized carbons (Fsp3) is 0.700. The molecule has 124 valence electrons. The molecular formula is C20H33OS+. The lowest BCUT2D eigenvalue weighted by Crippen LogP contribution is -2.47. The predicted octanol–water partition coefficient (Wildman–Crippen LogP) is 5.06. The molecule has 4 atom stereocenters. The van der Waals surface area contributed by atoms with Crippen LogP contribution in [0.25, 0.3) is 0 Å². The molecule has 1 aromatic carbocycles. The number of hydrogen-bond donors (Lipinski definition) is 1. The molecule has 2 rings (SSSR count). The molecule has 0 bridgehead atoms. The van der Waals surface area contributed by atoms with Gasteiger partial charge in [-0.15, -0.1) is 0 Å². The molecule has 1 aliphatic rings. The first-order valence-electron chi connectivity index (χ1n) is 8.69. The highest BCUT2D eigenvalue weighted by Crippen LogP contribution is 2.40. The van der Waals surface area contributed by atoms with Gasteiger partial charge in [-0.25, -0.2) is 0 Å². The monoisotopic (exact) mass is 321 g/mol. The van der Waals surface area contributed by atoms with Crippen LogP contribution in [-0.2, 0) is 16.3 Å². The van der Waals surface area contributed by atoms with Crippen molar-refractivity contribution in [1.82, 2.24) is 0 Å². The minimum atomic E-state index is -0.478. The van der Waals surface area contributed by atoms with Gasteiger partial charge in [-0.05, 0) is 43.4 Å². The molecule has 1 nitrogen and oxygen atoms in total. The van der Waals surface area contributed by atoms with Crippen molar-refractivity contribution in [2.24, 2.45) is 0 Å². The summed E-state index contributed by atoms with van der Waals surface area (Å²) < 4.78 is 0. The lowest BCUT2D eigenvalue weighted by molar-refractivity contribution is 0.0364. The van der Waals surface area contributed by atoms with E-state index in [0.717, 1.165) is 12.8 Å². The predicted molar refractivity (Wildman–Crippen MR) is 98.8 cm³/mol. The van der Waals surface area contributed by atoms with Crippen molar-refractivity contribution >= 4 is 10.9 Å². The lowest BCUT2D eigenvalue weighted by Gasteiger charge is -2.37. The minimum absolute atomic E-state index is 0.215. The Morgan fingerprint density at radius 3 is 2.27 bits per heavy atom. The van der Waals surface area contributed by atoms with E-state index in [1.165, 1.54) is 23.3 Å². The van der Waals surface area contributed by atoms with Gasteiger partial charge in [-0.3, -0.25) is 0 Å². The van der Waals surface area contributed by atoms with Crippen LogP contribution in [0.1, 0.15) is 72.8 Å². The minimum Gasteiger partial charge on any atom is -0.390 e. The summed E-state index contributed by atoms with van der Waals surface area (Å²) in [5, 5.41) is 11.8. The van der Waals surface area contributed by atoms with Crippen molar-refractivity contribution in [2.75, 3.05) is 0 Å². The second-order valence-corrected chi connectivity index (χ2v) is 11.0. The molecule has 0 aliphatic carbocycles. The molecule has 1 N–H and O–H groups in total. The molecule has 22 heavy (non-hydrogen) atoms. The van der Waals surface area contributed by atoms with Crippen molar-refractivity contribution in [3.05, 3.63) is 29.8 Å². The molecule has 1 aliphatic heterocycles. The van der Waals surface area contributed by atoms with Crippen molar-refractivity contribution in [2.45, 2.75) is 93.6 Å². The maximum atomic E-state index is 10.6. The highest BCUT2D eigenvalue weighted by Gasteiger charge is 2.48. The quantitative estimate of drug-likeness (QED) is 0.771. The summed E-state index contributed by atoms with van der Waals surface area (Å²) >= 11 is 0. The fourth-order valence-corrected chi connectivity index (χ4v) is 7.31. The Hall–Kier alpha value is -0.470. The van der Waals surface area contributed by atoms with E-state index in [1.54, 1.807) is 0 Å². The largest absolute Gasteiger partial charge is 0.390 e. The Kier molecular flexibility index (Phi) is 5.34. The number of aliphatic hydroxyl groups is 1. The number of benzene rings is 1. The molecule has 0 radical (unpaired) electrons. The van der Waals surface area contributed by atoms with Crippen LogP contribution in [0, 0.1) is 0 Å². The molecule has 2 heteroatoms. The van der Waals surface area contributed by atoms with E-state index in [1.807, 2.05) is 6.92 Å². The average Bonchev–Trinajstić information content (AvgIpc) is 2.36. The van der Waals surface area contributed by atoms with E-state index in [-0.39, 0.29) is 16.3 Å². The molecule has 1 fully saturated rings. The van der Waals surface area contributed by atoms with E-state index in [4.69, 9.17) is 0 Å². The maximum absolute atomic E-state index is 10.6. The van der Waals surface area contributed by atoms with Gasteiger partial charge in [0.05, 0.1) is 5.60 Å². The molecule has 1 saturated heterocycles. The zero-order chi connectivity index (χ0) is 16.5. The van der Waals surface area contributed by atoms with Gasteiger partial charge in [0, 0.05) is 23.7 Å². The Bertz CT molecular complexity index is 483. The molecular weight excluding hydrogens is 288 g/mol. The Morgan fingerprint density at radius 1 is 1.18 bits per heavy atom. The van der Waals surface area contributed by atoms with Crippen LogP contribution in [0.15, 0.2) is 29.2 Å². The van der Waals surface area contributed by atoms with E-state index < -0.39 is 5.60 Å². The van der Waals surface area contributed by atoms with E-state index in [2.05, 4.69) is 58.9 Å². The van der Waals surface area contributed by atoms with Gasteiger partial charge < -0.3 is 5.11 Å². The van der Waals surface area contributed by atoms with Crippen LogP contribution in [0.4, 0.5) is 0 Å². The zero-order valence-corrected chi connectivity index (χ0v) is 16.0. The van der Waals surface area contributed by atoms with Crippen molar-refractivity contribution in [1.29, 1.82) is 0 Å². The standard InChI is InChI=1S/C20H33OS/c1-7-8-18-14-20(6,21)13-15(2)22(18)17-11-9-16(10-12-17)19(3,4)5/h9-12,15,18,21H,7-8,13-14H2,1-6H3/q+1. The SMILES string of the molecule is CCCC1CC(C)(O)CC(C)[S+]1c1ccc(C(C)(C)C)cc1. The number of hydrogen-bond acceptors (Lipinski definition) is 1.